The van der Waals surface area contributed by atoms with Crippen LogP contribution in [0, 0.1) is 0 Å². The average molecular weight is 435 g/mol. The number of piperidine rings is 1. The number of fused-ring (bicyclic) bond motifs is 2. The number of likely N-dealkylation sites (tertiary alicyclic amines) is 1. The number of nitrogens with one attached hydrogen (secondary N) is 2. The first-order chi connectivity index (χ1) is 15.3. The topological polar surface area (TPSA) is 64.7 Å². The smallest absolute Gasteiger partial charge is 0.319 e. The van der Waals surface area contributed by atoms with Crippen molar-refractivity contribution < 1.29 is 9.59 Å². The molecule has 0 bridgehead atoms. The van der Waals surface area contributed by atoms with Crippen molar-refractivity contribution in [2.24, 2.45) is 0 Å². The van der Waals surface area contributed by atoms with E-state index < -0.39 is 0 Å². The second-order valence-electron chi connectivity index (χ2n) is 9.87. The number of nitrogens with zero attached hydrogens (tertiary/aromatic N) is 2. The summed E-state index contributed by atoms with van der Waals surface area (Å²) in [7, 11) is 0. The molecule has 32 heavy (non-hydrogen) atoms. The minimum atomic E-state index is -0.328. The number of para-hydroxylation sites is 1. The molecular weight excluding hydrogens is 400 g/mol. The van der Waals surface area contributed by atoms with Gasteiger partial charge in [-0.1, -0.05) is 30.7 Å². The fourth-order valence-corrected chi connectivity index (χ4v) is 4.55. The lowest BCUT2D eigenvalue weighted by Gasteiger charge is -2.31. The lowest BCUT2D eigenvalue weighted by Crippen LogP contribution is -2.43. The van der Waals surface area contributed by atoms with Gasteiger partial charge in [0, 0.05) is 11.2 Å². The van der Waals surface area contributed by atoms with Gasteiger partial charge in [-0.2, -0.15) is 0 Å². The summed E-state index contributed by atoms with van der Waals surface area (Å²) in [5, 5.41) is 5.86. The van der Waals surface area contributed by atoms with Crippen molar-refractivity contribution in [2.75, 3.05) is 29.9 Å². The lowest BCUT2D eigenvalue weighted by atomic mass is 10.0. The number of amides is 3. The Morgan fingerprint density at radius 2 is 1.59 bits per heavy atom. The summed E-state index contributed by atoms with van der Waals surface area (Å²) in [6.07, 6.45) is 5.28. The molecule has 0 aliphatic carbocycles. The van der Waals surface area contributed by atoms with E-state index in [4.69, 9.17) is 0 Å². The third kappa shape index (κ3) is 5.30. The molecule has 3 amide bonds. The number of hydrogen-bond acceptors (Lipinski definition) is 3. The van der Waals surface area contributed by atoms with Gasteiger partial charge in [-0.15, -0.1) is 0 Å². The van der Waals surface area contributed by atoms with Crippen molar-refractivity contribution in [3.8, 4) is 0 Å². The normalized spacial score (nSPS) is 16.5. The van der Waals surface area contributed by atoms with E-state index in [1.165, 1.54) is 12.0 Å². The van der Waals surface area contributed by atoms with Crippen molar-refractivity contribution in [1.82, 2.24) is 10.2 Å². The maximum absolute atomic E-state index is 13.7. The highest BCUT2D eigenvalue weighted by molar-refractivity contribution is 6.04. The molecule has 2 N–H and O–H groups in total. The molecule has 2 aliphatic heterocycles. The molecule has 6 heteroatoms. The summed E-state index contributed by atoms with van der Waals surface area (Å²) >= 11 is 0. The Hall–Kier alpha value is -2.86. The van der Waals surface area contributed by atoms with Crippen LogP contribution in [-0.4, -0.2) is 42.0 Å². The molecule has 6 nitrogen and oxygen atoms in total. The average Bonchev–Trinajstić information content (AvgIpc) is 2.89. The molecule has 4 rings (SSSR count). The van der Waals surface area contributed by atoms with Crippen molar-refractivity contribution in [2.45, 2.75) is 58.4 Å². The van der Waals surface area contributed by atoms with E-state index in [0.717, 1.165) is 55.7 Å². The van der Waals surface area contributed by atoms with Crippen LogP contribution in [0.4, 0.5) is 21.9 Å². The third-order valence-corrected chi connectivity index (χ3v) is 6.03. The number of benzene rings is 2. The monoisotopic (exact) mass is 434 g/mol. The summed E-state index contributed by atoms with van der Waals surface area (Å²) in [6, 6.07) is 13.8. The van der Waals surface area contributed by atoms with Crippen LogP contribution in [0.15, 0.2) is 42.5 Å². The molecule has 0 unspecified atom stereocenters. The Kier molecular flexibility index (Phi) is 6.51. The number of rotatable bonds is 3. The van der Waals surface area contributed by atoms with Gasteiger partial charge in [-0.25, -0.2) is 4.79 Å². The van der Waals surface area contributed by atoms with Crippen LogP contribution in [0.25, 0.3) is 0 Å². The zero-order valence-electron chi connectivity index (χ0n) is 19.4. The number of hydrogen-bond donors (Lipinski definition) is 2. The van der Waals surface area contributed by atoms with Gasteiger partial charge < -0.3 is 10.6 Å². The molecule has 1 saturated heterocycles. The minimum Gasteiger partial charge on any atom is -0.333 e. The van der Waals surface area contributed by atoms with Crippen molar-refractivity contribution in [1.29, 1.82) is 0 Å². The Labute approximate surface area is 191 Å². The first-order valence-electron chi connectivity index (χ1n) is 11.7. The number of anilines is 3. The summed E-state index contributed by atoms with van der Waals surface area (Å²) in [5.41, 5.74) is 4.46. The summed E-state index contributed by atoms with van der Waals surface area (Å²) in [5.74, 6) is 0.0822. The number of carbonyl (C=O) groups excluding carboxylic acids is 2. The van der Waals surface area contributed by atoms with E-state index in [1.807, 2.05) is 62.1 Å². The Morgan fingerprint density at radius 3 is 2.31 bits per heavy atom. The molecule has 2 aromatic carbocycles. The third-order valence-electron chi connectivity index (χ3n) is 6.03. The van der Waals surface area contributed by atoms with Crippen LogP contribution in [0.3, 0.4) is 0 Å². The van der Waals surface area contributed by atoms with Gasteiger partial charge in [-0.05, 0) is 88.9 Å². The van der Waals surface area contributed by atoms with Crippen LogP contribution < -0.4 is 15.5 Å². The first kappa shape index (κ1) is 22.3. The minimum absolute atomic E-state index is 0.0822. The van der Waals surface area contributed by atoms with Gasteiger partial charge in [0.15, 0.2) is 0 Å². The Balaban J connectivity index is 1.66. The molecule has 0 spiro atoms. The van der Waals surface area contributed by atoms with Crippen molar-refractivity contribution >= 4 is 29.0 Å². The number of urea groups is 1. The van der Waals surface area contributed by atoms with E-state index >= 15 is 0 Å². The highest BCUT2D eigenvalue weighted by Gasteiger charge is 2.28. The molecular formula is C26H34N4O2. The van der Waals surface area contributed by atoms with Crippen molar-refractivity contribution in [3.05, 3.63) is 53.6 Å². The SMILES string of the molecule is CC(C)(C)NC(=O)Nc1ccc2c(c1)N(C(=O)CN1CCCCC1)c1ccccc1CC2. The standard InChI is InChI=1S/C26H34N4O2/c1-26(2,3)28-25(32)27-21-14-13-20-12-11-19-9-5-6-10-22(19)30(23(20)17-21)24(31)18-29-15-7-4-8-16-29/h5-6,9-10,13-14,17H,4,7-8,11-12,15-16,18H2,1-3H3,(H2,27,28,32). The van der Waals surface area contributed by atoms with E-state index in [9.17, 15) is 9.59 Å². The number of aryl methyl sites for hydroxylation is 2. The second-order valence-corrected chi connectivity index (χ2v) is 9.87. The van der Waals surface area contributed by atoms with E-state index in [1.54, 1.807) is 0 Å². The van der Waals surface area contributed by atoms with Crippen LogP contribution in [0.2, 0.25) is 0 Å². The molecule has 0 saturated carbocycles. The summed E-state index contributed by atoms with van der Waals surface area (Å²) in [6.45, 7) is 8.20. The van der Waals surface area contributed by atoms with E-state index in [-0.39, 0.29) is 17.5 Å². The zero-order chi connectivity index (χ0) is 22.7. The van der Waals surface area contributed by atoms with E-state index in [2.05, 4.69) is 21.6 Å². The lowest BCUT2D eigenvalue weighted by molar-refractivity contribution is -0.119. The van der Waals surface area contributed by atoms with Gasteiger partial charge >= 0.3 is 6.03 Å². The molecule has 2 heterocycles. The van der Waals surface area contributed by atoms with Gasteiger partial charge in [0.2, 0.25) is 5.91 Å². The predicted octanol–water partition coefficient (Wildman–Crippen LogP) is 4.86. The van der Waals surface area contributed by atoms with E-state index in [0.29, 0.717) is 12.2 Å². The molecule has 1 fully saturated rings. The van der Waals surface area contributed by atoms with Gasteiger partial charge in [0.05, 0.1) is 17.9 Å². The molecule has 0 radical (unpaired) electrons. The maximum Gasteiger partial charge on any atom is 0.319 e. The predicted molar refractivity (Wildman–Crippen MR) is 130 cm³/mol. The molecule has 170 valence electrons. The molecule has 2 aliphatic rings. The molecule has 0 atom stereocenters. The van der Waals surface area contributed by atoms with Gasteiger partial charge in [-0.3, -0.25) is 14.6 Å². The zero-order valence-corrected chi connectivity index (χ0v) is 19.4. The van der Waals surface area contributed by atoms with Crippen LogP contribution in [0.1, 0.15) is 51.2 Å². The summed E-state index contributed by atoms with van der Waals surface area (Å²) < 4.78 is 0. The molecule has 2 aromatic rings. The fourth-order valence-electron chi connectivity index (χ4n) is 4.55. The Bertz CT molecular complexity index is 990. The number of carbonyl (C=O) groups is 2. The van der Waals surface area contributed by atoms with Gasteiger partial charge in [0.1, 0.15) is 0 Å². The van der Waals surface area contributed by atoms with Crippen LogP contribution in [0.5, 0.6) is 0 Å². The molecule has 0 aromatic heterocycles. The highest BCUT2D eigenvalue weighted by atomic mass is 16.2. The second kappa shape index (κ2) is 9.33. The van der Waals surface area contributed by atoms with Crippen LogP contribution in [-0.2, 0) is 17.6 Å². The summed E-state index contributed by atoms with van der Waals surface area (Å²) in [4.78, 5) is 30.2. The first-order valence-corrected chi connectivity index (χ1v) is 11.7. The quantitative estimate of drug-likeness (QED) is 0.725. The maximum atomic E-state index is 13.7. The van der Waals surface area contributed by atoms with Crippen molar-refractivity contribution in [3.63, 3.8) is 0 Å². The van der Waals surface area contributed by atoms with Gasteiger partial charge in [0.25, 0.3) is 0 Å². The Morgan fingerprint density at radius 1 is 0.906 bits per heavy atom. The fraction of sp³-hybridized carbons (Fsp3) is 0.462. The highest BCUT2D eigenvalue weighted by Crippen LogP contribution is 2.37. The van der Waals surface area contributed by atoms with Crippen LogP contribution >= 0.6 is 0 Å². The largest absolute Gasteiger partial charge is 0.333 e.